The van der Waals surface area contributed by atoms with Crippen LogP contribution in [0.4, 0.5) is 0 Å². The molecule has 0 bridgehead atoms. The number of carbonyl (C=O) groups excluding carboxylic acids is 2. The van der Waals surface area contributed by atoms with E-state index < -0.39 is 0 Å². The fourth-order valence-electron chi connectivity index (χ4n) is 2.29. The number of rotatable bonds is 8. The first-order valence-corrected chi connectivity index (χ1v) is 8.35. The summed E-state index contributed by atoms with van der Waals surface area (Å²) in [4.78, 5) is 25.0. The van der Waals surface area contributed by atoms with Crippen LogP contribution in [-0.2, 0) is 11.3 Å². The average molecular weight is 356 g/mol. The van der Waals surface area contributed by atoms with Crippen LogP contribution < -0.4 is 14.8 Å². The third kappa shape index (κ3) is 5.81. The molecule has 0 aliphatic carbocycles. The van der Waals surface area contributed by atoms with Crippen LogP contribution in [0, 0.1) is 0 Å². The maximum atomic E-state index is 12.4. The first-order valence-electron chi connectivity index (χ1n) is 8.35. The van der Waals surface area contributed by atoms with E-state index in [4.69, 9.17) is 9.47 Å². The van der Waals surface area contributed by atoms with Gasteiger partial charge in [-0.05, 0) is 42.0 Å². The number of benzene rings is 2. The Morgan fingerprint density at radius 1 is 1.00 bits per heavy atom. The molecule has 1 N–H and O–H groups in total. The third-order valence-electron chi connectivity index (χ3n) is 3.84. The number of hydrogen-bond donors (Lipinski definition) is 1. The highest BCUT2D eigenvalue weighted by Gasteiger charge is 2.11. The molecule has 0 saturated carbocycles. The number of nitrogens with zero attached hydrogens (tertiary/aromatic N) is 1. The smallest absolute Gasteiger partial charge is 0.253 e. The predicted octanol–water partition coefficient (Wildman–Crippen LogP) is 2.48. The van der Waals surface area contributed by atoms with Gasteiger partial charge in [0.2, 0.25) is 5.91 Å². The van der Waals surface area contributed by atoms with Crippen LogP contribution >= 0.6 is 0 Å². The maximum absolute atomic E-state index is 12.4. The number of hydrogen-bond acceptors (Lipinski definition) is 4. The van der Waals surface area contributed by atoms with E-state index in [1.54, 1.807) is 31.2 Å². The lowest BCUT2D eigenvalue weighted by Crippen LogP contribution is -2.30. The van der Waals surface area contributed by atoms with Gasteiger partial charge in [-0.15, -0.1) is 0 Å². The fraction of sp³-hybridized carbons (Fsp3) is 0.300. The second-order valence-corrected chi connectivity index (χ2v) is 5.86. The highest BCUT2D eigenvalue weighted by Crippen LogP contribution is 2.17. The van der Waals surface area contributed by atoms with E-state index in [9.17, 15) is 9.59 Å². The molecule has 0 atom stereocenters. The van der Waals surface area contributed by atoms with Crippen LogP contribution in [0.25, 0.3) is 0 Å². The quantitative estimate of drug-likeness (QED) is 0.789. The molecular weight excluding hydrogens is 332 g/mol. The molecule has 2 amide bonds. The van der Waals surface area contributed by atoms with Crippen molar-refractivity contribution in [1.82, 2.24) is 10.2 Å². The number of amides is 2. The Kier molecular flexibility index (Phi) is 7.02. The number of likely N-dealkylation sites (N-methyl/N-ethyl adjacent to an activating group) is 1. The summed E-state index contributed by atoms with van der Waals surface area (Å²) in [5.41, 5.74) is 1.55. The minimum absolute atomic E-state index is 0.0746. The molecule has 0 aliphatic rings. The van der Waals surface area contributed by atoms with Crippen LogP contribution in [-0.4, -0.2) is 44.0 Å². The first kappa shape index (κ1) is 19.3. The van der Waals surface area contributed by atoms with Crippen molar-refractivity contribution >= 4 is 11.8 Å². The van der Waals surface area contributed by atoms with Gasteiger partial charge >= 0.3 is 0 Å². The van der Waals surface area contributed by atoms with Crippen molar-refractivity contribution in [3.63, 3.8) is 0 Å². The van der Waals surface area contributed by atoms with Gasteiger partial charge in [0.25, 0.3) is 5.91 Å². The fourth-order valence-corrected chi connectivity index (χ4v) is 2.29. The summed E-state index contributed by atoms with van der Waals surface area (Å²) < 4.78 is 10.7. The van der Waals surface area contributed by atoms with Crippen molar-refractivity contribution in [2.24, 2.45) is 0 Å². The van der Waals surface area contributed by atoms with E-state index in [2.05, 4.69) is 5.32 Å². The van der Waals surface area contributed by atoms with Gasteiger partial charge in [-0.2, -0.15) is 0 Å². The summed E-state index contributed by atoms with van der Waals surface area (Å²) in [6, 6.07) is 14.5. The number of nitrogens with one attached hydrogen (secondary N) is 1. The molecule has 6 nitrogen and oxygen atoms in total. The van der Waals surface area contributed by atoms with Gasteiger partial charge < -0.3 is 19.7 Å². The first-order chi connectivity index (χ1) is 12.5. The van der Waals surface area contributed by atoms with Crippen molar-refractivity contribution in [2.45, 2.75) is 13.5 Å². The van der Waals surface area contributed by atoms with Crippen molar-refractivity contribution in [2.75, 3.05) is 27.3 Å². The molecule has 0 aromatic heterocycles. The molecule has 2 rings (SSSR count). The topological polar surface area (TPSA) is 67.9 Å². The molecular formula is C20H24N2O4. The molecule has 2 aromatic carbocycles. The molecule has 2 aromatic rings. The van der Waals surface area contributed by atoms with E-state index in [0.29, 0.717) is 25.3 Å². The number of ether oxygens (including phenoxy) is 2. The van der Waals surface area contributed by atoms with Crippen molar-refractivity contribution < 1.29 is 19.1 Å². The largest absolute Gasteiger partial charge is 0.497 e. The summed E-state index contributed by atoms with van der Waals surface area (Å²) >= 11 is 0. The summed E-state index contributed by atoms with van der Waals surface area (Å²) in [7, 11) is 3.35. The Hall–Kier alpha value is -3.02. The molecule has 138 valence electrons. The van der Waals surface area contributed by atoms with E-state index in [1.807, 2.05) is 36.4 Å². The van der Waals surface area contributed by atoms with Gasteiger partial charge in [-0.3, -0.25) is 9.59 Å². The van der Waals surface area contributed by atoms with Gasteiger partial charge in [0.05, 0.1) is 13.7 Å². The Labute approximate surface area is 153 Å². The van der Waals surface area contributed by atoms with Crippen molar-refractivity contribution in [3.05, 3.63) is 59.7 Å². The lowest BCUT2D eigenvalue weighted by atomic mass is 10.1. The van der Waals surface area contributed by atoms with E-state index in [0.717, 1.165) is 17.1 Å². The Balaban J connectivity index is 1.81. The van der Waals surface area contributed by atoms with Crippen molar-refractivity contribution in [1.29, 1.82) is 0 Å². The van der Waals surface area contributed by atoms with Crippen LogP contribution in [0.5, 0.6) is 11.5 Å². The Morgan fingerprint density at radius 2 is 1.62 bits per heavy atom. The molecule has 0 radical (unpaired) electrons. The second-order valence-electron chi connectivity index (χ2n) is 5.86. The molecule has 0 saturated heterocycles. The second kappa shape index (κ2) is 9.46. The van der Waals surface area contributed by atoms with Gasteiger partial charge in [0.1, 0.15) is 18.1 Å². The third-order valence-corrected chi connectivity index (χ3v) is 3.84. The van der Waals surface area contributed by atoms with E-state index in [-0.39, 0.29) is 11.8 Å². The molecule has 0 heterocycles. The average Bonchev–Trinajstić information content (AvgIpc) is 2.66. The molecule has 0 fully saturated rings. The van der Waals surface area contributed by atoms with Crippen LogP contribution in [0.15, 0.2) is 48.5 Å². The lowest BCUT2D eigenvalue weighted by Gasteiger charge is -2.18. The van der Waals surface area contributed by atoms with Gasteiger partial charge in [-0.25, -0.2) is 0 Å². The summed E-state index contributed by atoms with van der Waals surface area (Å²) in [6.07, 6.45) is 0. The normalized spacial score (nSPS) is 10.1. The molecule has 0 aliphatic heterocycles. The highest BCUT2D eigenvalue weighted by molar-refractivity contribution is 5.94. The van der Waals surface area contributed by atoms with Crippen molar-refractivity contribution in [3.8, 4) is 11.5 Å². The molecule has 0 unspecified atom stereocenters. The van der Waals surface area contributed by atoms with E-state index >= 15 is 0 Å². The SMILES string of the molecule is COc1ccc(OCCN(C)C(=O)c2ccc(CNC(C)=O)cc2)cc1. The predicted molar refractivity (Wildman–Crippen MR) is 99.4 cm³/mol. The summed E-state index contributed by atoms with van der Waals surface area (Å²) in [6.45, 7) is 2.80. The zero-order valence-electron chi connectivity index (χ0n) is 15.3. The highest BCUT2D eigenvalue weighted by atomic mass is 16.5. The number of methoxy groups -OCH3 is 1. The summed E-state index contributed by atoms with van der Waals surface area (Å²) in [5.74, 6) is 1.34. The van der Waals surface area contributed by atoms with Crippen LogP contribution in [0.2, 0.25) is 0 Å². The van der Waals surface area contributed by atoms with Gasteiger partial charge in [0.15, 0.2) is 0 Å². The standard InChI is InChI=1S/C20H24N2O4/c1-15(23)21-14-16-4-6-17(7-5-16)20(24)22(2)12-13-26-19-10-8-18(25-3)9-11-19/h4-11H,12-14H2,1-3H3,(H,21,23). The Bertz CT molecular complexity index is 726. The zero-order valence-corrected chi connectivity index (χ0v) is 15.3. The Morgan fingerprint density at radius 3 is 2.19 bits per heavy atom. The van der Waals surface area contributed by atoms with Gasteiger partial charge in [-0.1, -0.05) is 12.1 Å². The molecule has 6 heteroatoms. The maximum Gasteiger partial charge on any atom is 0.253 e. The minimum atomic E-state index is -0.0817. The van der Waals surface area contributed by atoms with Crippen LogP contribution in [0.3, 0.4) is 0 Å². The molecule has 0 spiro atoms. The summed E-state index contributed by atoms with van der Waals surface area (Å²) in [5, 5.41) is 2.73. The van der Waals surface area contributed by atoms with Gasteiger partial charge in [0, 0.05) is 26.1 Å². The molecule has 26 heavy (non-hydrogen) atoms. The van der Waals surface area contributed by atoms with Crippen LogP contribution in [0.1, 0.15) is 22.8 Å². The number of carbonyl (C=O) groups is 2. The monoisotopic (exact) mass is 356 g/mol. The van der Waals surface area contributed by atoms with E-state index in [1.165, 1.54) is 6.92 Å². The zero-order chi connectivity index (χ0) is 18.9. The minimum Gasteiger partial charge on any atom is -0.497 e. The lowest BCUT2D eigenvalue weighted by molar-refractivity contribution is -0.119.